The molecule has 3 N–H and O–H groups in total. The van der Waals surface area contributed by atoms with Gasteiger partial charge in [0, 0.05) is 6.42 Å². The Kier molecular flexibility index (Phi) is 3.43. The van der Waals surface area contributed by atoms with E-state index in [4.69, 9.17) is 10.3 Å². The molecule has 0 aliphatic heterocycles. The van der Waals surface area contributed by atoms with Crippen molar-refractivity contribution in [2.24, 2.45) is 5.73 Å². The van der Waals surface area contributed by atoms with Gasteiger partial charge in [-0.25, -0.2) is 0 Å². The van der Waals surface area contributed by atoms with Gasteiger partial charge < -0.3 is 5.73 Å². The lowest BCUT2D eigenvalue weighted by atomic mass is 10.1. The van der Waals surface area contributed by atoms with Crippen LogP contribution in [0.4, 0.5) is 0 Å². The van der Waals surface area contributed by atoms with Crippen LogP contribution in [0.25, 0.3) is 0 Å². The summed E-state index contributed by atoms with van der Waals surface area (Å²) in [5.41, 5.74) is 5.26. The quantitative estimate of drug-likeness (QED) is 0.734. The first-order chi connectivity index (χ1) is 6.91. The van der Waals surface area contributed by atoms with Gasteiger partial charge in [-0.1, -0.05) is 30.3 Å². The summed E-state index contributed by atoms with van der Waals surface area (Å²) in [4.78, 5) is 10.7. The van der Waals surface area contributed by atoms with Crippen molar-refractivity contribution >= 4 is 16.0 Å². The van der Waals surface area contributed by atoms with Crippen LogP contribution in [-0.4, -0.2) is 18.9 Å². The Morgan fingerprint density at radius 1 is 1.33 bits per heavy atom. The minimum atomic E-state index is -4.31. The normalized spacial score (nSPS) is 13.4. The zero-order valence-corrected chi connectivity index (χ0v) is 8.65. The molecule has 0 aliphatic rings. The minimum absolute atomic E-state index is 0.346. The smallest absolute Gasteiger partial charge is 0.272 e. The molecule has 1 amide bonds. The van der Waals surface area contributed by atoms with Crippen LogP contribution in [0, 0.1) is 0 Å². The maximum Gasteiger partial charge on any atom is 0.272 e. The van der Waals surface area contributed by atoms with Crippen LogP contribution in [0.15, 0.2) is 30.3 Å². The Balaban J connectivity index is 3.08. The first-order valence-corrected chi connectivity index (χ1v) is 5.71. The standard InChI is InChI=1S/C9H11NO4S/c10-9(11)6-8(15(12,13)14)7-4-2-1-3-5-7/h1-5,8H,6H2,(H2,10,11)(H,12,13,14). The highest BCUT2D eigenvalue weighted by Gasteiger charge is 2.26. The Bertz CT molecular complexity index is 440. The second kappa shape index (κ2) is 4.41. The molecular weight excluding hydrogens is 218 g/mol. The summed E-state index contributed by atoms with van der Waals surface area (Å²) in [6.45, 7) is 0. The van der Waals surface area contributed by atoms with Crippen LogP contribution in [-0.2, 0) is 14.9 Å². The molecule has 0 saturated heterocycles. The van der Waals surface area contributed by atoms with Crippen LogP contribution in [0.2, 0.25) is 0 Å². The zero-order valence-electron chi connectivity index (χ0n) is 7.83. The van der Waals surface area contributed by atoms with E-state index in [0.29, 0.717) is 5.56 Å². The maximum absolute atomic E-state index is 11.0. The van der Waals surface area contributed by atoms with E-state index in [1.54, 1.807) is 18.2 Å². The Hall–Kier alpha value is -1.40. The molecule has 0 saturated carbocycles. The fourth-order valence-electron chi connectivity index (χ4n) is 1.25. The molecule has 5 nitrogen and oxygen atoms in total. The predicted molar refractivity (Wildman–Crippen MR) is 54.5 cm³/mol. The number of primary amides is 1. The number of hydrogen-bond acceptors (Lipinski definition) is 3. The molecule has 0 bridgehead atoms. The first kappa shape index (κ1) is 11.7. The average molecular weight is 229 g/mol. The van der Waals surface area contributed by atoms with E-state index in [-0.39, 0.29) is 0 Å². The van der Waals surface area contributed by atoms with Gasteiger partial charge in [-0.3, -0.25) is 9.35 Å². The topological polar surface area (TPSA) is 97.5 Å². The van der Waals surface area contributed by atoms with Crippen molar-refractivity contribution in [1.29, 1.82) is 0 Å². The predicted octanol–water partition coefficient (Wildman–Crippen LogP) is 0.491. The number of carbonyl (C=O) groups is 1. The summed E-state index contributed by atoms with van der Waals surface area (Å²) in [7, 11) is -4.31. The number of amides is 1. The molecule has 0 aliphatic carbocycles. The summed E-state index contributed by atoms with van der Waals surface area (Å²) in [6.07, 6.45) is -0.428. The Morgan fingerprint density at radius 2 is 1.87 bits per heavy atom. The molecule has 82 valence electrons. The third-order valence-electron chi connectivity index (χ3n) is 1.92. The number of rotatable bonds is 4. The van der Waals surface area contributed by atoms with Crippen LogP contribution >= 0.6 is 0 Å². The minimum Gasteiger partial charge on any atom is -0.370 e. The fourth-order valence-corrected chi connectivity index (χ4v) is 2.12. The van der Waals surface area contributed by atoms with Crippen molar-refractivity contribution in [2.75, 3.05) is 0 Å². The molecule has 0 radical (unpaired) electrons. The zero-order chi connectivity index (χ0) is 11.5. The molecule has 1 aromatic carbocycles. The molecule has 0 spiro atoms. The molecule has 1 rings (SSSR count). The van der Waals surface area contributed by atoms with Crippen molar-refractivity contribution in [3.05, 3.63) is 35.9 Å². The molecule has 1 aromatic rings. The molecule has 15 heavy (non-hydrogen) atoms. The van der Waals surface area contributed by atoms with Crippen LogP contribution in [0.3, 0.4) is 0 Å². The van der Waals surface area contributed by atoms with Crippen LogP contribution in [0.1, 0.15) is 17.2 Å². The largest absolute Gasteiger partial charge is 0.370 e. The lowest BCUT2D eigenvalue weighted by Crippen LogP contribution is -2.21. The summed E-state index contributed by atoms with van der Waals surface area (Å²) in [6, 6.07) is 7.97. The van der Waals surface area contributed by atoms with Gasteiger partial charge in [0.15, 0.2) is 0 Å². The van der Waals surface area contributed by atoms with E-state index in [1.807, 2.05) is 0 Å². The van der Waals surface area contributed by atoms with E-state index in [1.165, 1.54) is 12.1 Å². The SMILES string of the molecule is NC(=O)CC(c1ccccc1)S(=O)(=O)O. The highest BCUT2D eigenvalue weighted by molar-refractivity contribution is 7.86. The number of benzene rings is 1. The maximum atomic E-state index is 11.0. The van der Waals surface area contributed by atoms with Gasteiger partial charge in [0.25, 0.3) is 10.1 Å². The molecule has 6 heteroatoms. The second-order valence-electron chi connectivity index (χ2n) is 3.08. The highest BCUT2D eigenvalue weighted by Crippen LogP contribution is 2.24. The Morgan fingerprint density at radius 3 is 2.27 bits per heavy atom. The fraction of sp³-hybridized carbons (Fsp3) is 0.222. The molecular formula is C9H11NO4S. The molecule has 0 aromatic heterocycles. The highest BCUT2D eigenvalue weighted by atomic mass is 32.2. The molecule has 1 unspecified atom stereocenters. The average Bonchev–Trinajstić information content (AvgIpc) is 2.14. The van der Waals surface area contributed by atoms with Gasteiger partial charge in [-0.15, -0.1) is 0 Å². The van der Waals surface area contributed by atoms with E-state index in [2.05, 4.69) is 0 Å². The van der Waals surface area contributed by atoms with Crippen molar-refractivity contribution < 1.29 is 17.8 Å². The van der Waals surface area contributed by atoms with Crippen molar-refractivity contribution in [3.8, 4) is 0 Å². The van der Waals surface area contributed by atoms with Gasteiger partial charge in [-0.2, -0.15) is 8.42 Å². The van der Waals surface area contributed by atoms with Crippen molar-refractivity contribution in [2.45, 2.75) is 11.7 Å². The second-order valence-corrected chi connectivity index (χ2v) is 4.68. The van der Waals surface area contributed by atoms with Gasteiger partial charge >= 0.3 is 0 Å². The Labute approximate surface area is 87.7 Å². The van der Waals surface area contributed by atoms with E-state index >= 15 is 0 Å². The number of carbonyl (C=O) groups excluding carboxylic acids is 1. The van der Waals surface area contributed by atoms with Gasteiger partial charge in [0.05, 0.1) is 0 Å². The van der Waals surface area contributed by atoms with E-state index < -0.39 is 27.7 Å². The van der Waals surface area contributed by atoms with Crippen LogP contribution in [0.5, 0.6) is 0 Å². The number of hydrogen-bond donors (Lipinski definition) is 2. The monoisotopic (exact) mass is 229 g/mol. The molecule has 1 atom stereocenters. The third kappa shape index (κ3) is 3.34. The first-order valence-electron chi connectivity index (χ1n) is 4.21. The van der Waals surface area contributed by atoms with Gasteiger partial charge in [-0.05, 0) is 5.56 Å². The van der Waals surface area contributed by atoms with E-state index in [0.717, 1.165) is 0 Å². The summed E-state index contributed by atoms with van der Waals surface area (Å²) in [5.74, 6) is -0.776. The third-order valence-corrected chi connectivity index (χ3v) is 3.08. The molecule has 0 heterocycles. The molecule has 0 fully saturated rings. The number of nitrogens with two attached hydrogens (primary N) is 1. The lowest BCUT2D eigenvalue weighted by Gasteiger charge is -2.11. The van der Waals surface area contributed by atoms with Crippen LogP contribution < -0.4 is 5.73 Å². The van der Waals surface area contributed by atoms with Gasteiger partial charge in [0.1, 0.15) is 5.25 Å². The van der Waals surface area contributed by atoms with Gasteiger partial charge in [0.2, 0.25) is 5.91 Å². The van der Waals surface area contributed by atoms with E-state index in [9.17, 15) is 13.2 Å². The summed E-state index contributed by atoms with van der Waals surface area (Å²) < 4.78 is 31.0. The lowest BCUT2D eigenvalue weighted by molar-refractivity contribution is -0.118. The van der Waals surface area contributed by atoms with Crippen molar-refractivity contribution in [3.63, 3.8) is 0 Å². The summed E-state index contributed by atoms with van der Waals surface area (Å²) in [5, 5.41) is -1.28. The summed E-state index contributed by atoms with van der Waals surface area (Å²) >= 11 is 0. The van der Waals surface area contributed by atoms with Crippen molar-refractivity contribution in [1.82, 2.24) is 0 Å².